The van der Waals surface area contributed by atoms with Gasteiger partial charge in [-0.05, 0) is 18.1 Å². The Labute approximate surface area is 133 Å². The Morgan fingerprint density at radius 3 is 2.77 bits per heavy atom. The highest BCUT2D eigenvalue weighted by atomic mass is 35.5. The maximum atomic E-state index is 12.1. The van der Waals surface area contributed by atoms with Crippen LogP contribution >= 0.6 is 11.6 Å². The smallest absolute Gasteiger partial charge is 0.328 e. The Hall–Kier alpha value is -2.08. The average Bonchev–Trinajstić information content (AvgIpc) is 2.94. The average molecular weight is 325 g/mol. The fourth-order valence-corrected chi connectivity index (χ4v) is 2.52. The summed E-state index contributed by atoms with van der Waals surface area (Å²) in [5.41, 5.74) is 0.732. The van der Waals surface area contributed by atoms with E-state index in [1.165, 1.54) is 7.11 Å². The number of carbonyl (C=O) groups excluding carboxylic acids is 3. The van der Waals surface area contributed by atoms with Crippen LogP contribution in [0.2, 0.25) is 5.02 Å². The van der Waals surface area contributed by atoms with Gasteiger partial charge in [0.25, 0.3) is 0 Å². The van der Waals surface area contributed by atoms with E-state index in [-0.39, 0.29) is 12.3 Å². The molecule has 2 atom stereocenters. The summed E-state index contributed by atoms with van der Waals surface area (Å²) in [5.74, 6) is -1.12. The lowest BCUT2D eigenvalue weighted by molar-refractivity contribution is -0.145. The van der Waals surface area contributed by atoms with Gasteiger partial charge in [-0.2, -0.15) is 0 Å². The van der Waals surface area contributed by atoms with Crippen molar-refractivity contribution in [2.45, 2.75) is 31.3 Å². The van der Waals surface area contributed by atoms with Crippen molar-refractivity contribution in [1.82, 2.24) is 10.6 Å². The molecule has 7 heteroatoms. The summed E-state index contributed by atoms with van der Waals surface area (Å²) >= 11 is 6.08. The van der Waals surface area contributed by atoms with Gasteiger partial charge in [0.2, 0.25) is 11.8 Å². The minimum atomic E-state index is -0.852. The fourth-order valence-electron chi connectivity index (χ4n) is 2.30. The minimum absolute atomic E-state index is 0.166. The van der Waals surface area contributed by atoms with Gasteiger partial charge in [0.15, 0.2) is 0 Å². The van der Waals surface area contributed by atoms with Crippen LogP contribution in [0.15, 0.2) is 24.3 Å². The molecule has 0 radical (unpaired) electrons. The Bertz CT molecular complexity index is 591. The second-order valence-electron chi connectivity index (χ2n) is 5.04. The highest BCUT2D eigenvalue weighted by Crippen LogP contribution is 2.17. The maximum Gasteiger partial charge on any atom is 0.328 e. The first kappa shape index (κ1) is 16.3. The van der Waals surface area contributed by atoms with Crippen molar-refractivity contribution in [2.75, 3.05) is 7.11 Å². The molecule has 1 heterocycles. The number of carbonyl (C=O) groups is 3. The molecule has 0 aromatic heterocycles. The van der Waals surface area contributed by atoms with Gasteiger partial charge in [-0.15, -0.1) is 0 Å². The highest BCUT2D eigenvalue weighted by molar-refractivity contribution is 6.31. The van der Waals surface area contributed by atoms with E-state index >= 15 is 0 Å². The van der Waals surface area contributed by atoms with Gasteiger partial charge in [-0.3, -0.25) is 9.59 Å². The predicted molar refractivity (Wildman–Crippen MR) is 80.3 cm³/mol. The van der Waals surface area contributed by atoms with Crippen LogP contribution < -0.4 is 10.6 Å². The molecule has 1 aliphatic heterocycles. The van der Waals surface area contributed by atoms with Crippen LogP contribution in [-0.2, 0) is 25.5 Å². The van der Waals surface area contributed by atoms with Gasteiger partial charge < -0.3 is 15.4 Å². The molecule has 0 spiro atoms. The molecular formula is C15H17ClN2O4. The van der Waals surface area contributed by atoms with Crippen LogP contribution in [0.25, 0.3) is 0 Å². The van der Waals surface area contributed by atoms with E-state index in [9.17, 15) is 14.4 Å². The highest BCUT2D eigenvalue weighted by Gasteiger charge is 2.31. The van der Waals surface area contributed by atoms with E-state index < -0.39 is 24.0 Å². The lowest BCUT2D eigenvalue weighted by Crippen LogP contribution is -2.50. The molecule has 2 rings (SSSR count). The zero-order chi connectivity index (χ0) is 16.1. The van der Waals surface area contributed by atoms with E-state index in [1.54, 1.807) is 24.3 Å². The van der Waals surface area contributed by atoms with Crippen LogP contribution in [0.1, 0.15) is 18.4 Å². The van der Waals surface area contributed by atoms with E-state index in [0.29, 0.717) is 17.9 Å². The molecule has 2 N–H and O–H groups in total. The molecule has 0 bridgehead atoms. The number of amides is 2. The molecule has 0 saturated carbocycles. The summed E-state index contributed by atoms with van der Waals surface area (Å²) in [6.45, 7) is 0. The third kappa shape index (κ3) is 3.98. The number of benzene rings is 1. The zero-order valence-electron chi connectivity index (χ0n) is 12.1. The molecular weight excluding hydrogens is 308 g/mol. The van der Waals surface area contributed by atoms with Crippen LogP contribution in [-0.4, -0.2) is 37.0 Å². The Morgan fingerprint density at radius 2 is 2.18 bits per heavy atom. The summed E-state index contributed by atoms with van der Waals surface area (Å²) in [4.78, 5) is 35.2. The normalized spacial score (nSPS) is 18.5. The third-order valence-electron chi connectivity index (χ3n) is 3.50. The van der Waals surface area contributed by atoms with Crippen molar-refractivity contribution in [3.8, 4) is 0 Å². The van der Waals surface area contributed by atoms with Crippen LogP contribution in [0, 0.1) is 0 Å². The lowest BCUT2D eigenvalue weighted by Gasteiger charge is -2.19. The molecule has 2 amide bonds. The molecule has 0 aliphatic carbocycles. The number of hydrogen-bond acceptors (Lipinski definition) is 4. The molecule has 0 unspecified atom stereocenters. The predicted octanol–water partition coefficient (Wildman–Crippen LogP) is 0.819. The van der Waals surface area contributed by atoms with Gasteiger partial charge in [-0.25, -0.2) is 4.79 Å². The largest absolute Gasteiger partial charge is 0.467 e. The van der Waals surface area contributed by atoms with Crippen LogP contribution in [0.4, 0.5) is 0 Å². The molecule has 118 valence electrons. The van der Waals surface area contributed by atoms with Gasteiger partial charge in [0.1, 0.15) is 12.1 Å². The topological polar surface area (TPSA) is 84.5 Å². The summed E-state index contributed by atoms with van der Waals surface area (Å²) in [6, 6.07) is 5.62. The van der Waals surface area contributed by atoms with Crippen molar-refractivity contribution in [1.29, 1.82) is 0 Å². The lowest BCUT2D eigenvalue weighted by atomic mass is 10.1. The monoisotopic (exact) mass is 324 g/mol. The number of ether oxygens (including phenoxy) is 1. The number of halogens is 1. The number of hydrogen-bond donors (Lipinski definition) is 2. The Morgan fingerprint density at radius 1 is 1.45 bits per heavy atom. The summed E-state index contributed by atoms with van der Waals surface area (Å²) in [6.07, 6.45) is 0.953. The van der Waals surface area contributed by atoms with Crippen molar-refractivity contribution < 1.29 is 19.1 Å². The van der Waals surface area contributed by atoms with E-state index in [0.717, 1.165) is 5.56 Å². The number of nitrogens with one attached hydrogen (secondary N) is 2. The molecule has 1 aromatic carbocycles. The standard InChI is InChI=1S/C15H17ClN2O4/c1-22-15(21)12(8-9-4-2-3-5-10(9)16)18-14(20)11-6-7-13(19)17-11/h2-5,11-12H,6-8H2,1H3,(H,17,19)(H,18,20)/t11-,12+/m1/s1. The number of methoxy groups -OCH3 is 1. The van der Waals surface area contributed by atoms with Gasteiger partial charge in [0, 0.05) is 17.9 Å². The molecule has 22 heavy (non-hydrogen) atoms. The first-order chi connectivity index (χ1) is 10.5. The quantitative estimate of drug-likeness (QED) is 0.785. The van der Waals surface area contributed by atoms with Crippen molar-refractivity contribution in [2.24, 2.45) is 0 Å². The molecule has 1 saturated heterocycles. The maximum absolute atomic E-state index is 12.1. The third-order valence-corrected chi connectivity index (χ3v) is 3.86. The summed E-state index contributed by atoms with van der Waals surface area (Å²) in [5, 5.41) is 5.69. The first-order valence-electron chi connectivity index (χ1n) is 6.92. The number of esters is 1. The van der Waals surface area contributed by atoms with Crippen molar-refractivity contribution in [3.05, 3.63) is 34.9 Å². The van der Waals surface area contributed by atoms with Crippen LogP contribution in [0.3, 0.4) is 0 Å². The van der Waals surface area contributed by atoms with Gasteiger partial charge >= 0.3 is 5.97 Å². The van der Waals surface area contributed by atoms with Gasteiger partial charge in [0.05, 0.1) is 7.11 Å². The summed E-state index contributed by atoms with van der Waals surface area (Å²) in [7, 11) is 1.26. The van der Waals surface area contributed by atoms with Gasteiger partial charge in [-0.1, -0.05) is 29.8 Å². The van der Waals surface area contributed by atoms with E-state index in [4.69, 9.17) is 16.3 Å². The Balaban J connectivity index is 2.06. The van der Waals surface area contributed by atoms with Crippen molar-refractivity contribution >= 4 is 29.4 Å². The van der Waals surface area contributed by atoms with E-state index in [1.807, 2.05) is 0 Å². The molecule has 6 nitrogen and oxygen atoms in total. The number of rotatable bonds is 5. The van der Waals surface area contributed by atoms with Crippen molar-refractivity contribution in [3.63, 3.8) is 0 Å². The minimum Gasteiger partial charge on any atom is -0.467 e. The molecule has 1 aromatic rings. The second-order valence-corrected chi connectivity index (χ2v) is 5.45. The van der Waals surface area contributed by atoms with Crippen LogP contribution in [0.5, 0.6) is 0 Å². The molecule has 1 aliphatic rings. The fraction of sp³-hybridized carbons (Fsp3) is 0.400. The Kier molecular flexibility index (Phi) is 5.38. The molecule has 1 fully saturated rings. The zero-order valence-corrected chi connectivity index (χ0v) is 12.9. The summed E-state index contributed by atoms with van der Waals surface area (Å²) < 4.78 is 4.73. The second kappa shape index (κ2) is 7.26. The van der Waals surface area contributed by atoms with E-state index in [2.05, 4.69) is 10.6 Å². The first-order valence-corrected chi connectivity index (χ1v) is 7.30. The SMILES string of the molecule is COC(=O)[C@H](Cc1ccccc1Cl)NC(=O)[C@H]1CCC(=O)N1.